The number of aromatic nitrogens is 2. The minimum atomic E-state index is -0.0723. The maximum Gasteiger partial charge on any atom is 0.260 e. The van der Waals surface area contributed by atoms with Crippen LogP contribution in [0.2, 0.25) is 0 Å². The van der Waals surface area contributed by atoms with Crippen LogP contribution < -0.4 is 10.5 Å². The van der Waals surface area contributed by atoms with Crippen molar-refractivity contribution >= 4 is 44.9 Å². The van der Waals surface area contributed by atoms with Crippen LogP contribution in [0.1, 0.15) is 36.3 Å². The second kappa shape index (κ2) is 7.29. The van der Waals surface area contributed by atoms with Gasteiger partial charge in [0.1, 0.15) is 4.83 Å². The SMILES string of the molecule is C[C@@H]1CCc2c(sc3nc(SCC(=O)N4c5ccccc5C[C@@H]4C)[nH]c(=O)c23)C1. The Hall–Kier alpha value is -2.12. The number of aryl methyl sites for hydroxylation is 1. The quantitative estimate of drug-likeness (QED) is 0.505. The van der Waals surface area contributed by atoms with Crippen LogP contribution >= 0.6 is 23.1 Å². The molecular weight excluding hydrogens is 402 g/mol. The van der Waals surface area contributed by atoms with E-state index in [1.165, 1.54) is 27.8 Å². The van der Waals surface area contributed by atoms with Gasteiger partial charge in [-0.1, -0.05) is 36.9 Å². The summed E-state index contributed by atoms with van der Waals surface area (Å²) in [5.41, 5.74) is 3.33. The van der Waals surface area contributed by atoms with E-state index >= 15 is 0 Å². The first-order chi connectivity index (χ1) is 14.0. The molecule has 1 aromatic carbocycles. The summed E-state index contributed by atoms with van der Waals surface area (Å²) in [4.78, 5) is 37.2. The number of thioether (sulfide) groups is 1. The molecule has 1 amide bonds. The van der Waals surface area contributed by atoms with Gasteiger partial charge in [-0.2, -0.15) is 0 Å². The van der Waals surface area contributed by atoms with Gasteiger partial charge in [-0.3, -0.25) is 9.59 Å². The summed E-state index contributed by atoms with van der Waals surface area (Å²) in [5.74, 6) is 0.968. The van der Waals surface area contributed by atoms with Crippen molar-refractivity contribution in [2.45, 2.75) is 50.7 Å². The minimum Gasteiger partial charge on any atom is -0.308 e. The summed E-state index contributed by atoms with van der Waals surface area (Å²) < 4.78 is 0. The van der Waals surface area contributed by atoms with Crippen molar-refractivity contribution in [1.82, 2.24) is 9.97 Å². The van der Waals surface area contributed by atoms with Gasteiger partial charge >= 0.3 is 0 Å². The number of benzene rings is 1. The fraction of sp³-hybridized carbons (Fsp3) is 0.409. The van der Waals surface area contributed by atoms with E-state index in [9.17, 15) is 9.59 Å². The van der Waals surface area contributed by atoms with Gasteiger partial charge in [0.05, 0.1) is 11.1 Å². The zero-order chi connectivity index (χ0) is 20.1. The number of para-hydroxylation sites is 1. The Balaban J connectivity index is 1.37. The lowest BCUT2D eigenvalue weighted by molar-refractivity contribution is -0.116. The highest BCUT2D eigenvalue weighted by molar-refractivity contribution is 7.99. The lowest BCUT2D eigenvalue weighted by Crippen LogP contribution is -2.37. The van der Waals surface area contributed by atoms with Crippen LogP contribution in [-0.2, 0) is 24.1 Å². The fourth-order valence-electron chi connectivity index (χ4n) is 4.54. The highest BCUT2D eigenvalue weighted by Crippen LogP contribution is 2.36. The van der Waals surface area contributed by atoms with Gasteiger partial charge in [-0.15, -0.1) is 11.3 Å². The van der Waals surface area contributed by atoms with Crippen molar-refractivity contribution in [3.63, 3.8) is 0 Å². The second-order valence-corrected chi connectivity index (χ2v) is 10.2. The van der Waals surface area contributed by atoms with E-state index in [1.54, 1.807) is 11.3 Å². The highest BCUT2D eigenvalue weighted by atomic mass is 32.2. The summed E-state index contributed by atoms with van der Waals surface area (Å²) in [6.07, 6.45) is 3.99. The molecule has 5 rings (SSSR count). The number of H-pyrrole nitrogens is 1. The zero-order valence-electron chi connectivity index (χ0n) is 16.5. The van der Waals surface area contributed by atoms with Gasteiger partial charge in [-0.05, 0) is 55.7 Å². The average Bonchev–Trinajstić information content (AvgIpc) is 3.22. The van der Waals surface area contributed by atoms with E-state index < -0.39 is 0 Å². The van der Waals surface area contributed by atoms with Crippen molar-refractivity contribution in [2.75, 3.05) is 10.7 Å². The van der Waals surface area contributed by atoms with Crippen LogP contribution in [0.5, 0.6) is 0 Å². The van der Waals surface area contributed by atoms with Crippen LogP contribution in [0.4, 0.5) is 5.69 Å². The van der Waals surface area contributed by atoms with Crippen molar-refractivity contribution in [1.29, 1.82) is 0 Å². The molecule has 1 aliphatic heterocycles. The van der Waals surface area contributed by atoms with E-state index in [-0.39, 0.29) is 23.3 Å². The number of aromatic amines is 1. The fourth-order valence-corrected chi connectivity index (χ4v) is 6.70. The van der Waals surface area contributed by atoms with Crippen LogP contribution in [0, 0.1) is 5.92 Å². The predicted octanol–water partition coefficient (Wildman–Crippen LogP) is 4.18. The first-order valence-corrected chi connectivity index (χ1v) is 11.9. The normalized spacial score (nSPS) is 20.7. The molecule has 1 N–H and O–H groups in total. The smallest absolute Gasteiger partial charge is 0.260 e. The number of rotatable bonds is 3. The van der Waals surface area contributed by atoms with Gasteiger partial charge in [0.15, 0.2) is 5.16 Å². The van der Waals surface area contributed by atoms with Gasteiger partial charge in [0, 0.05) is 16.6 Å². The molecule has 1 aliphatic carbocycles. The van der Waals surface area contributed by atoms with E-state index in [0.717, 1.165) is 41.6 Å². The molecule has 0 saturated heterocycles. The second-order valence-electron chi connectivity index (χ2n) is 8.14. The molecular formula is C22H23N3O2S2. The van der Waals surface area contributed by atoms with Crippen molar-refractivity contribution in [3.05, 3.63) is 50.6 Å². The zero-order valence-corrected chi connectivity index (χ0v) is 18.2. The number of fused-ring (bicyclic) bond motifs is 4. The number of amides is 1. The van der Waals surface area contributed by atoms with Crippen LogP contribution in [0.3, 0.4) is 0 Å². The maximum absolute atomic E-state index is 12.9. The maximum atomic E-state index is 12.9. The molecule has 3 aromatic rings. The Morgan fingerprint density at radius 2 is 2.14 bits per heavy atom. The monoisotopic (exact) mass is 425 g/mol. The van der Waals surface area contributed by atoms with Gasteiger partial charge in [0.2, 0.25) is 5.91 Å². The molecule has 2 aliphatic rings. The van der Waals surface area contributed by atoms with Crippen molar-refractivity contribution in [3.8, 4) is 0 Å². The molecule has 0 spiro atoms. The molecule has 29 heavy (non-hydrogen) atoms. The molecule has 0 bridgehead atoms. The lowest BCUT2D eigenvalue weighted by Gasteiger charge is -2.22. The third kappa shape index (κ3) is 3.30. The molecule has 2 atom stereocenters. The van der Waals surface area contributed by atoms with Crippen LogP contribution in [0.25, 0.3) is 10.2 Å². The summed E-state index contributed by atoms with van der Waals surface area (Å²) in [7, 11) is 0. The molecule has 0 radical (unpaired) electrons. The Labute approximate surface area is 177 Å². The van der Waals surface area contributed by atoms with Crippen LogP contribution in [-0.4, -0.2) is 27.7 Å². The third-order valence-corrected chi connectivity index (χ3v) is 7.96. The number of carbonyl (C=O) groups excluding carboxylic acids is 1. The van der Waals surface area contributed by atoms with E-state index in [0.29, 0.717) is 11.1 Å². The Morgan fingerprint density at radius 3 is 3.00 bits per heavy atom. The molecule has 0 fully saturated rings. The number of hydrogen-bond acceptors (Lipinski definition) is 5. The summed E-state index contributed by atoms with van der Waals surface area (Å²) >= 11 is 2.96. The molecule has 3 heterocycles. The molecule has 7 heteroatoms. The summed E-state index contributed by atoms with van der Waals surface area (Å²) in [5, 5.41) is 1.29. The lowest BCUT2D eigenvalue weighted by atomic mass is 9.89. The Bertz CT molecular complexity index is 1170. The first-order valence-electron chi connectivity index (χ1n) is 10.1. The Morgan fingerprint density at radius 1 is 1.31 bits per heavy atom. The number of nitrogens with zero attached hydrogens (tertiary/aromatic N) is 2. The largest absolute Gasteiger partial charge is 0.308 e. The number of anilines is 1. The standard InChI is InChI=1S/C22H23N3O2S2/c1-12-7-8-15-17(9-12)29-21-19(15)20(27)23-22(24-21)28-11-18(26)25-13(2)10-14-5-3-4-6-16(14)25/h3-6,12-13H,7-11H2,1-2H3,(H,23,24,27)/t12-,13+/m1/s1. The topological polar surface area (TPSA) is 66.1 Å². The first kappa shape index (κ1) is 18.9. The third-order valence-electron chi connectivity index (χ3n) is 5.95. The Kier molecular flexibility index (Phi) is 4.75. The van der Waals surface area contributed by atoms with E-state index in [1.807, 2.05) is 23.1 Å². The molecule has 5 nitrogen and oxygen atoms in total. The van der Waals surface area contributed by atoms with Crippen LogP contribution in [0.15, 0.2) is 34.2 Å². The average molecular weight is 426 g/mol. The summed E-state index contributed by atoms with van der Waals surface area (Å²) in [6.45, 7) is 4.33. The highest BCUT2D eigenvalue weighted by Gasteiger charge is 2.30. The predicted molar refractivity (Wildman–Crippen MR) is 119 cm³/mol. The van der Waals surface area contributed by atoms with Crippen molar-refractivity contribution in [2.24, 2.45) is 5.92 Å². The van der Waals surface area contributed by atoms with Crippen molar-refractivity contribution < 1.29 is 4.79 Å². The molecule has 2 aromatic heterocycles. The molecule has 0 saturated carbocycles. The number of thiophene rings is 1. The molecule has 150 valence electrons. The van der Waals surface area contributed by atoms with Gasteiger partial charge < -0.3 is 9.88 Å². The van der Waals surface area contributed by atoms with Gasteiger partial charge in [-0.25, -0.2) is 4.98 Å². The molecule has 0 unspecified atom stereocenters. The number of nitrogens with one attached hydrogen (secondary N) is 1. The summed E-state index contributed by atoms with van der Waals surface area (Å²) in [6, 6.07) is 8.22. The van der Waals surface area contributed by atoms with E-state index in [4.69, 9.17) is 0 Å². The number of carbonyl (C=O) groups is 1. The van der Waals surface area contributed by atoms with Gasteiger partial charge in [0.25, 0.3) is 5.56 Å². The number of hydrogen-bond donors (Lipinski definition) is 1. The minimum absolute atomic E-state index is 0.0505. The van der Waals surface area contributed by atoms with E-state index in [2.05, 4.69) is 29.9 Å².